The van der Waals surface area contributed by atoms with Gasteiger partial charge in [0.05, 0.1) is 0 Å². The highest BCUT2D eigenvalue weighted by Crippen LogP contribution is 2.28. The summed E-state index contributed by atoms with van der Waals surface area (Å²) in [5, 5.41) is 12.4. The van der Waals surface area contributed by atoms with Crippen LogP contribution in [0.3, 0.4) is 0 Å². The smallest absolute Gasteiger partial charge is 0.140 e. The number of hydrogen-bond donors (Lipinski definition) is 1. The molecule has 0 atom stereocenters. The van der Waals surface area contributed by atoms with Crippen LogP contribution < -0.4 is 5.32 Å². The molecular weight excluding hydrogens is 246 g/mol. The number of nitriles is 1. The monoisotopic (exact) mass is 263 g/mol. The predicted octanol–water partition coefficient (Wildman–Crippen LogP) is 3.44. The van der Waals surface area contributed by atoms with Gasteiger partial charge in [-0.05, 0) is 60.6 Å². The van der Waals surface area contributed by atoms with Gasteiger partial charge in [-0.3, -0.25) is 0 Å². The lowest BCUT2D eigenvalue weighted by atomic mass is 9.90. The first-order valence-corrected chi connectivity index (χ1v) is 7.06. The van der Waals surface area contributed by atoms with Gasteiger partial charge in [0.1, 0.15) is 11.8 Å². The number of rotatable bonds is 3. The molecule has 1 aromatic carbocycles. The molecule has 3 nitrogen and oxygen atoms in total. The van der Waals surface area contributed by atoms with Crippen molar-refractivity contribution in [1.29, 1.82) is 5.26 Å². The number of pyridine rings is 1. The lowest BCUT2D eigenvalue weighted by Gasteiger charge is -2.20. The highest BCUT2D eigenvalue weighted by Gasteiger charge is 2.12. The number of fused-ring (bicyclic) bond motifs is 1. The average Bonchev–Trinajstić information content (AvgIpc) is 2.53. The number of nitrogens with zero attached hydrogens (tertiary/aromatic N) is 2. The van der Waals surface area contributed by atoms with Crippen molar-refractivity contribution >= 4 is 5.69 Å². The van der Waals surface area contributed by atoms with E-state index in [0.717, 1.165) is 18.5 Å². The number of aromatic nitrogens is 1. The second-order valence-electron chi connectivity index (χ2n) is 5.17. The fourth-order valence-corrected chi connectivity index (χ4v) is 2.79. The standard InChI is InChI=1S/C17H17N3/c18-11-15-10-13(8-9-19-15)12-20-17-7-3-5-14-4-1-2-6-16(14)17/h3,5,7-10,20H,1-2,4,6,12H2. The van der Waals surface area contributed by atoms with Gasteiger partial charge in [-0.15, -0.1) is 0 Å². The molecule has 1 aliphatic rings. The molecule has 1 aromatic heterocycles. The molecule has 0 saturated heterocycles. The Bertz CT molecular complexity index is 656. The van der Waals surface area contributed by atoms with Gasteiger partial charge >= 0.3 is 0 Å². The molecule has 0 aliphatic heterocycles. The van der Waals surface area contributed by atoms with Gasteiger partial charge in [0.2, 0.25) is 0 Å². The first-order valence-electron chi connectivity index (χ1n) is 7.06. The van der Waals surface area contributed by atoms with E-state index in [4.69, 9.17) is 5.26 Å². The van der Waals surface area contributed by atoms with Gasteiger partial charge < -0.3 is 5.32 Å². The summed E-state index contributed by atoms with van der Waals surface area (Å²) < 4.78 is 0. The molecular formula is C17H17N3. The Morgan fingerprint density at radius 2 is 2.10 bits per heavy atom. The fraction of sp³-hybridized carbons (Fsp3) is 0.294. The van der Waals surface area contributed by atoms with Crippen LogP contribution in [0.5, 0.6) is 0 Å². The lowest BCUT2D eigenvalue weighted by Crippen LogP contribution is -2.08. The zero-order valence-electron chi connectivity index (χ0n) is 11.4. The first-order chi connectivity index (χ1) is 9.86. The Kier molecular flexibility index (Phi) is 3.64. The average molecular weight is 263 g/mol. The van der Waals surface area contributed by atoms with Crippen molar-refractivity contribution in [2.75, 3.05) is 5.32 Å². The maximum atomic E-state index is 8.87. The second kappa shape index (κ2) is 5.75. The van der Waals surface area contributed by atoms with Crippen LogP contribution in [0.15, 0.2) is 36.5 Å². The topological polar surface area (TPSA) is 48.7 Å². The highest BCUT2D eigenvalue weighted by atomic mass is 14.9. The normalized spacial score (nSPS) is 13.3. The Hall–Kier alpha value is -2.34. The van der Waals surface area contributed by atoms with Crippen molar-refractivity contribution in [1.82, 2.24) is 4.98 Å². The Morgan fingerprint density at radius 1 is 1.20 bits per heavy atom. The molecule has 0 saturated carbocycles. The summed E-state index contributed by atoms with van der Waals surface area (Å²) in [5.41, 5.74) is 5.74. The van der Waals surface area contributed by atoms with Gasteiger partial charge in [0, 0.05) is 18.4 Å². The van der Waals surface area contributed by atoms with Crippen LogP contribution in [0.2, 0.25) is 0 Å². The molecule has 0 fully saturated rings. The fourth-order valence-electron chi connectivity index (χ4n) is 2.79. The van der Waals surface area contributed by atoms with E-state index < -0.39 is 0 Å². The minimum absolute atomic E-state index is 0.472. The zero-order valence-corrected chi connectivity index (χ0v) is 11.4. The maximum absolute atomic E-state index is 8.87. The maximum Gasteiger partial charge on any atom is 0.140 e. The van der Waals surface area contributed by atoms with E-state index in [1.165, 1.54) is 36.1 Å². The van der Waals surface area contributed by atoms with Gasteiger partial charge in [-0.25, -0.2) is 4.98 Å². The minimum Gasteiger partial charge on any atom is -0.381 e. The largest absolute Gasteiger partial charge is 0.381 e. The third kappa shape index (κ3) is 2.65. The van der Waals surface area contributed by atoms with Crippen LogP contribution in [-0.2, 0) is 19.4 Å². The van der Waals surface area contributed by atoms with Gasteiger partial charge in [-0.1, -0.05) is 12.1 Å². The van der Waals surface area contributed by atoms with E-state index in [0.29, 0.717) is 5.69 Å². The molecule has 1 aliphatic carbocycles. The van der Waals surface area contributed by atoms with Crippen LogP contribution >= 0.6 is 0 Å². The van der Waals surface area contributed by atoms with E-state index >= 15 is 0 Å². The number of aryl methyl sites for hydroxylation is 1. The van der Waals surface area contributed by atoms with E-state index in [1.807, 2.05) is 12.1 Å². The molecule has 0 bridgehead atoms. The molecule has 1 N–H and O–H groups in total. The lowest BCUT2D eigenvalue weighted by molar-refractivity contribution is 0.686. The second-order valence-corrected chi connectivity index (χ2v) is 5.17. The summed E-state index contributed by atoms with van der Waals surface area (Å²) in [5.74, 6) is 0. The molecule has 0 unspecified atom stereocenters. The quantitative estimate of drug-likeness (QED) is 0.922. The number of hydrogen-bond acceptors (Lipinski definition) is 3. The van der Waals surface area contributed by atoms with Crippen LogP contribution in [0.25, 0.3) is 0 Å². The van der Waals surface area contributed by atoms with Crippen molar-refractivity contribution in [3.8, 4) is 6.07 Å². The molecule has 1 heterocycles. The van der Waals surface area contributed by atoms with Crippen molar-refractivity contribution in [2.24, 2.45) is 0 Å². The van der Waals surface area contributed by atoms with E-state index in [-0.39, 0.29) is 0 Å². The number of nitrogens with one attached hydrogen (secondary N) is 1. The predicted molar refractivity (Wildman–Crippen MR) is 79.4 cm³/mol. The molecule has 0 spiro atoms. The third-order valence-corrected chi connectivity index (χ3v) is 3.82. The molecule has 3 rings (SSSR count). The Balaban J connectivity index is 1.77. The van der Waals surface area contributed by atoms with Crippen molar-refractivity contribution in [3.63, 3.8) is 0 Å². The summed E-state index contributed by atoms with van der Waals surface area (Å²) in [6.07, 6.45) is 6.62. The van der Waals surface area contributed by atoms with Gasteiger partial charge in [0.15, 0.2) is 0 Å². The molecule has 2 aromatic rings. The molecule has 100 valence electrons. The summed E-state index contributed by atoms with van der Waals surface area (Å²) in [6, 6.07) is 12.4. The van der Waals surface area contributed by atoms with Gasteiger partial charge in [-0.2, -0.15) is 5.26 Å². The van der Waals surface area contributed by atoms with E-state index in [2.05, 4.69) is 34.6 Å². The number of benzene rings is 1. The minimum atomic E-state index is 0.472. The van der Waals surface area contributed by atoms with Crippen LogP contribution in [0, 0.1) is 11.3 Å². The van der Waals surface area contributed by atoms with Crippen molar-refractivity contribution in [2.45, 2.75) is 32.2 Å². The van der Waals surface area contributed by atoms with E-state index in [9.17, 15) is 0 Å². The summed E-state index contributed by atoms with van der Waals surface area (Å²) >= 11 is 0. The van der Waals surface area contributed by atoms with E-state index in [1.54, 1.807) is 6.20 Å². The summed E-state index contributed by atoms with van der Waals surface area (Å²) in [4.78, 5) is 3.99. The SMILES string of the molecule is N#Cc1cc(CNc2cccc3c2CCCC3)ccn1. The highest BCUT2D eigenvalue weighted by molar-refractivity contribution is 5.55. The van der Waals surface area contributed by atoms with Crippen LogP contribution in [0.1, 0.15) is 35.2 Å². The summed E-state index contributed by atoms with van der Waals surface area (Å²) in [6.45, 7) is 0.730. The summed E-state index contributed by atoms with van der Waals surface area (Å²) in [7, 11) is 0. The Labute approximate surface area is 119 Å². The molecule has 3 heteroatoms. The van der Waals surface area contributed by atoms with Gasteiger partial charge in [0.25, 0.3) is 0 Å². The van der Waals surface area contributed by atoms with Crippen LogP contribution in [-0.4, -0.2) is 4.98 Å². The molecule has 0 radical (unpaired) electrons. The van der Waals surface area contributed by atoms with Crippen molar-refractivity contribution < 1.29 is 0 Å². The first kappa shape index (κ1) is 12.7. The third-order valence-electron chi connectivity index (χ3n) is 3.82. The Morgan fingerprint density at radius 3 is 3.00 bits per heavy atom. The molecule has 0 amide bonds. The zero-order chi connectivity index (χ0) is 13.8. The molecule has 20 heavy (non-hydrogen) atoms. The van der Waals surface area contributed by atoms with Crippen molar-refractivity contribution in [3.05, 3.63) is 58.9 Å². The number of anilines is 1. The van der Waals surface area contributed by atoms with Crippen LogP contribution in [0.4, 0.5) is 5.69 Å².